The van der Waals surface area contributed by atoms with Gasteiger partial charge in [-0.2, -0.15) is 0 Å². The van der Waals surface area contributed by atoms with Crippen molar-refractivity contribution in [3.63, 3.8) is 0 Å². The van der Waals surface area contributed by atoms with Crippen molar-refractivity contribution in [2.45, 2.75) is 6.10 Å². The van der Waals surface area contributed by atoms with Crippen molar-refractivity contribution in [2.24, 2.45) is 5.92 Å². The first-order valence-corrected chi connectivity index (χ1v) is 9.60. The van der Waals surface area contributed by atoms with Crippen LogP contribution in [0.2, 0.25) is 10.0 Å². The van der Waals surface area contributed by atoms with Crippen LogP contribution in [0.1, 0.15) is 32.4 Å². The fourth-order valence-corrected chi connectivity index (χ4v) is 3.42. The maximum absolute atomic E-state index is 12.4. The lowest BCUT2D eigenvalue weighted by molar-refractivity contribution is 0.0306. The van der Waals surface area contributed by atoms with E-state index >= 15 is 0 Å². The van der Waals surface area contributed by atoms with Crippen LogP contribution in [0.25, 0.3) is 0 Å². The summed E-state index contributed by atoms with van der Waals surface area (Å²) in [7, 11) is 0. The van der Waals surface area contributed by atoms with Gasteiger partial charge in [0.15, 0.2) is 0 Å². The van der Waals surface area contributed by atoms with Gasteiger partial charge in [-0.25, -0.2) is 4.79 Å². The largest absolute Gasteiger partial charge is 0.478 e. The summed E-state index contributed by atoms with van der Waals surface area (Å²) in [6.07, 6.45) is -0.237. The zero-order chi connectivity index (χ0) is 20.1. The van der Waals surface area contributed by atoms with Gasteiger partial charge < -0.3 is 20.5 Å². The fourth-order valence-electron chi connectivity index (χ4n) is 3.12. The molecule has 0 spiro atoms. The van der Waals surface area contributed by atoms with Crippen molar-refractivity contribution >= 4 is 47.5 Å². The van der Waals surface area contributed by atoms with Gasteiger partial charge >= 0.3 is 5.97 Å². The van der Waals surface area contributed by atoms with E-state index in [4.69, 9.17) is 33.0 Å². The molecule has 1 fully saturated rings. The van der Waals surface area contributed by atoms with Crippen LogP contribution < -0.4 is 10.6 Å². The van der Waals surface area contributed by atoms with E-state index in [1.807, 2.05) is 6.07 Å². The molecule has 2 atom stereocenters. The molecule has 0 bridgehead atoms. The molecular formula is C20H21Cl3N2O4. The molecule has 0 saturated carbocycles. The first kappa shape index (κ1) is 23.4. The van der Waals surface area contributed by atoms with Crippen LogP contribution in [-0.2, 0) is 4.74 Å². The maximum atomic E-state index is 12.4. The highest BCUT2D eigenvalue weighted by molar-refractivity contribution is 6.42. The van der Waals surface area contributed by atoms with E-state index in [0.29, 0.717) is 35.3 Å². The predicted octanol–water partition coefficient (Wildman–Crippen LogP) is 3.82. The van der Waals surface area contributed by atoms with Crippen LogP contribution in [0.4, 0.5) is 0 Å². The van der Waals surface area contributed by atoms with Crippen molar-refractivity contribution in [1.82, 2.24) is 10.6 Å². The summed E-state index contributed by atoms with van der Waals surface area (Å²) in [6.45, 7) is 2.32. The zero-order valence-corrected chi connectivity index (χ0v) is 17.7. The summed E-state index contributed by atoms with van der Waals surface area (Å²) in [6, 6.07) is 11.2. The molecule has 2 aromatic carbocycles. The van der Waals surface area contributed by atoms with Crippen molar-refractivity contribution < 1.29 is 19.4 Å². The van der Waals surface area contributed by atoms with E-state index in [0.717, 1.165) is 12.1 Å². The van der Waals surface area contributed by atoms with Gasteiger partial charge in [-0.1, -0.05) is 29.3 Å². The fraction of sp³-hybridized carbons (Fsp3) is 0.300. The minimum Gasteiger partial charge on any atom is -0.478 e. The topological polar surface area (TPSA) is 87.7 Å². The van der Waals surface area contributed by atoms with E-state index in [9.17, 15) is 9.59 Å². The smallest absolute Gasteiger partial charge is 0.335 e. The molecule has 156 valence electrons. The van der Waals surface area contributed by atoms with Gasteiger partial charge in [-0.3, -0.25) is 4.79 Å². The third-order valence-electron chi connectivity index (χ3n) is 4.60. The molecule has 0 radical (unpaired) electrons. The van der Waals surface area contributed by atoms with Crippen molar-refractivity contribution in [3.8, 4) is 0 Å². The van der Waals surface area contributed by atoms with Crippen molar-refractivity contribution in [1.29, 1.82) is 0 Å². The summed E-state index contributed by atoms with van der Waals surface area (Å²) in [5.74, 6) is -1.31. The Balaban J connectivity index is 0.00000300. The Bertz CT molecular complexity index is 861. The minimum absolute atomic E-state index is 0. The molecule has 1 amide bonds. The third kappa shape index (κ3) is 6.07. The Morgan fingerprint density at radius 2 is 1.79 bits per heavy atom. The Morgan fingerprint density at radius 1 is 1.10 bits per heavy atom. The third-order valence-corrected chi connectivity index (χ3v) is 5.34. The van der Waals surface area contributed by atoms with Gasteiger partial charge in [0.05, 0.1) is 28.3 Å². The lowest BCUT2D eigenvalue weighted by Gasteiger charge is -2.25. The number of carboxylic acids is 1. The quantitative estimate of drug-likeness (QED) is 0.633. The number of benzene rings is 2. The number of halogens is 3. The lowest BCUT2D eigenvalue weighted by atomic mass is 9.95. The van der Waals surface area contributed by atoms with Gasteiger partial charge in [-0.05, 0) is 42.0 Å². The second kappa shape index (κ2) is 10.8. The van der Waals surface area contributed by atoms with Crippen LogP contribution in [0, 0.1) is 5.92 Å². The van der Waals surface area contributed by atoms with Crippen LogP contribution in [-0.4, -0.2) is 43.2 Å². The number of rotatable bonds is 5. The van der Waals surface area contributed by atoms with Gasteiger partial charge in [0.25, 0.3) is 5.91 Å². The number of aromatic carboxylic acids is 1. The monoisotopic (exact) mass is 458 g/mol. The van der Waals surface area contributed by atoms with E-state index < -0.39 is 5.97 Å². The molecule has 1 heterocycles. The molecule has 0 aromatic heterocycles. The lowest BCUT2D eigenvalue weighted by Crippen LogP contribution is -2.36. The van der Waals surface area contributed by atoms with E-state index in [1.165, 1.54) is 24.3 Å². The summed E-state index contributed by atoms with van der Waals surface area (Å²) in [4.78, 5) is 23.4. The molecule has 3 rings (SSSR count). The molecule has 1 aliphatic rings. The molecule has 1 saturated heterocycles. The van der Waals surface area contributed by atoms with Gasteiger partial charge in [0.2, 0.25) is 0 Å². The summed E-state index contributed by atoms with van der Waals surface area (Å²) in [5, 5.41) is 16.1. The number of hydrogen-bond acceptors (Lipinski definition) is 4. The Morgan fingerprint density at radius 3 is 2.45 bits per heavy atom. The SMILES string of the molecule is Cl.O=C(O)c1ccc(C(=O)NC[C@@H]2CNCCO[C@H]2c2ccc(Cl)c(Cl)c2)cc1. The number of hydrogen-bond donors (Lipinski definition) is 3. The number of carbonyl (C=O) groups excluding carboxylic acids is 1. The molecule has 9 heteroatoms. The zero-order valence-electron chi connectivity index (χ0n) is 15.4. The molecule has 2 aromatic rings. The number of carboxylic acid groups (broad SMARTS) is 1. The van der Waals surface area contributed by atoms with Crippen molar-refractivity contribution in [3.05, 3.63) is 69.2 Å². The molecule has 1 aliphatic heterocycles. The van der Waals surface area contributed by atoms with E-state index in [2.05, 4.69) is 10.6 Å². The Hall–Kier alpha value is -1.83. The molecule has 6 nitrogen and oxygen atoms in total. The standard InChI is InChI=1S/C20H20Cl2N2O4.ClH/c21-16-6-5-14(9-17(16)22)18-15(10-23-7-8-28-18)11-24-19(25)12-1-3-13(4-2-12)20(26)27;/h1-6,9,15,18,23H,7-8,10-11H2,(H,24,25)(H,26,27);1H/t15-,18-;/m0./s1. The minimum atomic E-state index is -1.03. The van der Waals surface area contributed by atoms with Crippen LogP contribution in [0.3, 0.4) is 0 Å². The average Bonchev–Trinajstić information content (AvgIpc) is 2.94. The molecule has 3 N–H and O–H groups in total. The predicted molar refractivity (Wildman–Crippen MR) is 114 cm³/mol. The summed E-state index contributed by atoms with van der Waals surface area (Å²) >= 11 is 12.2. The highest BCUT2D eigenvalue weighted by Crippen LogP contribution is 2.31. The highest BCUT2D eigenvalue weighted by Gasteiger charge is 2.27. The molecule has 0 unspecified atom stereocenters. The van der Waals surface area contributed by atoms with Gasteiger partial charge in [0.1, 0.15) is 0 Å². The second-order valence-electron chi connectivity index (χ2n) is 6.52. The normalized spacial score (nSPS) is 19.0. The average molecular weight is 460 g/mol. The number of nitrogens with one attached hydrogen (secondary N) is 2. The Labute approximate surface area is 184 Å². The van der Waals surface area contributed by atoms with E-state index in [1.54, 1.807) is 12.1 Å². The van der Waals surface area contributed by atoms with Crippen LogP contribution in [0.15, 0.2) is 42.5 Å². The van der Waals surface area contributed by atoms with Crippen LogP contribution >= 0.6 is 35.6 Å². The van der Waals surface area contributed by atoms with Gasteiger partial charge in [0, 0.05) is 31.1 Å². The van der Waals surface area contributed by atoms with Crippen molar-refractivity contribution in [2.75, 3.05) is 26.2 Å². The van der Waals surface area contributed by atoms with Crippen LogP contribution in [0.5, 0.6) is 0 Å². The van der Waals surface area contributed by atoms with E-state index in [-0.39, 0.29) is 35.9 Å². The number of ether oxygens (including phenoxy) is 1. The summed E-state index contributed by atoms with van der Waals surface area (Å²) < 4.78 is 6.00. The second-order valence-corrected chi connectivity index (χ2v) is 7.34. The summed E-state index contributed by atoms with van der Waals surface area (Å²) in [5.41, 5.74) is 1.44. The first-order valence-electron chi connectivity index (χ1n) is 8.84. The molecule has 0 aliphatic carbocycles. The number of amides is 1. The highest BCUT2D eigenvalue weighted by atomic mass is 35.5. The maximum Gasteiger partial charge on any atom is 0.335 e. The van der Waals surface area contributed by atoms with Gasteiger partial charge in [-0.15, -0.1) is 12.4 Å². The first-order chi connectivity index (χ1) is 13.5. The number of carbonyl (C=O) groups is 2. The molecular weight excluding hydrogens is 439 g/mol. The Kier molecular flexibility index (Phi) is 8.74. The molecule has 29 heavy (non-hydrogen) atoms.